The van der Waals surface area contributed by atoms with E-state index in [0.29, 0.717) is 13.2 Å². The summed E-state index contributed by atoms with van der Waals surface area (Å²) in [5.41, 5.74) is 2.85. The smallest absolute Gasteiger partial charge is 0.243 e. The van der Waals surface area contributed by atoms with Gasteiger partial charge >= 0.3 is 0 Å². The Hall–Kier alpha value is -1.88. The average Bonchev–Trinajstić information content (AvgIpc) is 2.49. The van der Waals surface area contributed by atoms with E-state index in [4.69, 9.17) is 4.74 Å². The summed E-state index contributed by atoms with van der Waals surface area (Å²) in [4.78, 5) is 23.9. The van der Waals surface area contributed by atoms with Crippen LogP contribution in [0.4, 0.5) is 5.69 Å². The van der Waals surface area contributed by atoms with E-state index in [-0.39, 0.29) is 24.3 Å². The Bertz CT molecular complexity index is 502. The highest BCUT2D eigenvalue weighted by Crippen LogP contribution is 2.19. The molecule has 1 aromatic carbocycles. The van der Waals surface area contributed by atoms with Crippen LogP contribution in [0.1, 0.15) is 24.0 Å². The number of amides is 2. The molecule has 0 aliphatic carbocycles. The molecule has 0 aromatic heterocycles. The fourth-order valence-corrected chi connectivity index (χ4v) is 2.47. The topological polar surface area (TPSA) is 67.4 Å². The van der Waals surface area contributed by atoms with E-state index in [1.807, 2.05) is 32.0 Å². The average molecular weight is 290 g/mol. The van der Waals surface area contributed by atoms with Gasteiger partial charge in [-0.3, -0.25) is 9.59 Å². The largest absolute Gasteiger partial charge is 0.381 e. The highest BCUT2D eigenvalue weighted by atomic mass is 16.5. The summed E-state index contributed by atoms with van der Waals surface area (Å²) in [6.07, 6.45) is 1.45. The van der Waals surface area contributed by atoms with E-state index in [0.717, 1.165) is 29.7 Å². The molecule has 0 spiro atoms. The predicted molar refractivity (Wildman–Crippen MR) is 81.1 cm³/mol. The zero-order chi connectivity index (χ0) is 15.2. The molecule has 1 aromatic rings. The van der Waals surface area contributed by atoms with Crippen molar-refractivity contribution in [2.24, 2.45) is 5.92 Å². The predicted octanol–water partition coefficient (Wildman–Crippen LogP) is 1.78. The fourth-order valence-electron chi connectivity index (χ4n) is 2.47. The summed E-state index contributed by atoms with van der Waals surface area (Å²) in [5, 5.41) is 5.56. The van der Waals surface area contributed by atoms with Gasteiger partial charge in [0.25, 0.3) is 0 Å². The van der Waals surface area contributed by atoms with Crippen LogP contribution in [-0.2, 0) is 14.3 Å². The van der Waals surface area contributed by atoms with Crippen molar-refractivity contribution in [3.8, 4) is 0 Å². The molecule has 1 aliphatic rings. The van der Waals surface area contributed by atoms with Gasteiger partial charge in [0.1, 0.15) is 0 Å². The van der Waals surface area contributed by atoms with Crippen LogP contribution in [0.5, 0.6) is 0 Å². The standard InChI is InChI=1S/C16H22N2O3/c1-11-4-3-5-12(2)15(11)18-14(19)10-17-16(20)13-6-8-21-9-7-13/h3-5,13H,6-10H2,1-2H3,(H,17,20)(H,18,19). The van der Waals surface area contributed by atoms with Gasteiger partial charge in [0, 0.05) is 24.8 Å². The maximum atomic E-state index is 12.0. The van der Waals surface area contributed by atoms with E-state index >= 15 is 0 Å². The minimum absolute atomic E-state index is 0.00393. The van der Waals surface area contributed by atoms with Crippen molar-refractivity contribution >= 4 is 17.5 Å². The normalized spacial score (nSPS) is 15.5. The molecular formula is C16H22N2O3. The molecule has 0 radical (unpaired) electrons. The lowest BCUT2D eigenvalue weighted by molar-refractivity contribution is -0.129. The Morgan fingerprint density at radius 1 is 1.19 bits per heavy atom. The van der Waals surface area contributed by atoms with Gasteiger partial charge in [-0.25, -0.2) is 0 Å². The number of aryl methyl sites for hydroxylation is 2. The number of carbonyl (C=O) groups is 2. The van der Waals surface area contributed by atoms with Crippen LogP contribution >= 0.6 is 0 Å². The summed E-state index contributed by atoms with van der Waals surface area (Å²) in [5.74, 6) is -0.297. The molecule has 1 aliphatic heterocycles. The first-order chi connectivity index (χ1) is 10.1. The zero-order valence-corrected chi connectivity index (χ0v) is 12.6. The van der Waals surface area contributed by atoms with Crippen LogP contribution < -0.4 is 10.6 Å². The second-order valence-electron chi connectivity index (χ2n) is 5.42. The Balaban J connectivity index is 1.83. The first kappa shape index (κ1) is 15.5. The van der Waals surface area contributed by atoms with Gasteiger partial charge in [-0.1, -0.05) is 18.2 Å². The number of hydrogen-bond acceptors (Lipinski definition) is 3. The second kappa shape index (κ2) is 7.22. The monoisotopic (exact) mass is 290 g/mol. The number of benzene rings is 1. The SMILES string of the molecule is Cc1cccc(C)c1NC(=O)CNC(=O)C1CCOCC1. The van der Waals surface area contributed by atoms with Crippen LogP contribution in [0.25, 0.3) is 0 Å². The summed E-state index contributed by atoms with van der Waals surface area (Å²) in [7, 11) is 0. The third-order valence-electron chi connectivity index (χ3n) is 3.76. The highest BCUT2D eigenvalue weighted by Gasteiger charge is 2.21. The Kier molecular flexibility index (Phi) is 5.33. The van der Waals surface area contributed by atoms with E-state index in [1.54, 1.807) is 0 Å². The molecule has 2 rings (SSSR count). The first-order valence-electron chi connectivity index (χ1n) is 7.29. The van der Waals surface area contributed by atoms with Gasteiger partial charge in [0.15, 0.2) is 0 Å². The van der Waals surface area contributed by atoms with Crippen molar-refractivity contribution in [2.45, 2.75) is 26.7 Å². The molecular weight excluding hydrogens is 268 g/mol. The number of carbonyl (C=O) groups excluding carboxylic acids is 2. The molecule has 0 bridgehead atoms. The van der Waals surface area contributed by atoms with Crippen molar-refractivity contribution in [3.05, 3.63) is 29.3 Å². The number of ether oxygens (including phenoxy) is 1. The third kappa shape index (κ3) is 4.29. The Morgan fingerprint density at radius 2 is 1.81 bits per heavy atom. The van der Waals surface area contributed by atoms with Gasteiger partial charge in [-0.05, 0) is 37.8 Å². The minimum Gasteiger partial charge on any atom is -0.381 e. The van der Waals surface area contributed by atoms with Crippen LogP contribution in [0.2, 0.25) is 0 Å². The molecule has 1 heterocycles. The van der Waals surface area contributed by atoms with E-state index in [2.05, 4.69) is 10.6 Å². The van der Waals surface area contributed by atoms with E-state index in [9.17, 15) is 9.59 Å². The molecule has 1 fully saturated rings. The summed E-state index contributed by atoms with van der Waals surface area (Å²) >= 11 is 0. The lowest BCUT2D eigenvalue weighted by atomic mass is 9.99. The lowest BCUT2D eigenvalue weighted by Crippen LogP contribution is -2.38. The first-order valence-corrected chi connectivity index (χ1v) is 7.29. The molecule has 21 heavy (non-hydrogen) atoms. The van der Waals surface area contributed by atoms with E-state index < -0.39 is 0 Å². The molecule has 2 N–H and O–H groups in total. The molecule has 0 saturated carbocycles. The summed E-state index contributed by atoms with van der Waals surface area (Å²) in [6, 6.07) is 5.85. The zero-order valence-electron chi connectivity index (χ0n) is 12.6. The molecule has 0 unspecified atom stereocenters. The highest BCUT2D eigenvalue weighted by molar-refractivity contribution is 5.96. The Labute approximate surface area is 125 Å². The maximum Gasteiger partial charge on any atom is 0.243 e. The third-order valence-corrected chi connectivity index (χ3v) is 3.76. The molecule has 2 amide bonds. The summed E-state index contributed by atoms with van der Waals surface area (Å²) < 4.78 is 5.22. The molecule has 5 heteroatoms. The molecule has 5 nitrogen and oxygen atoms in total. The number of anilines is 1. The maximum absolute atomic E-state index is 12.0. The van der Waals surface area contributed by atoms with Crippen molar-refractivity contribution in [3.63, 3.8) is 0 Å². The van der Waals surface area contributed by atoms with Crippen molar-refractivity contribution < 1.29 is 14.3 Å². The fraction of sp³-hybridized carbons (Fsp3) is 0.500. The van der Waals surface area contributed by atoms with Gasteiger partial charge in [0.05, 0.1) is 6.54 Å². The van der Waals surface area contributed by atoms with Gasteiger partial charge in [-0.2, -0.15) is 0 Å². The van der Waals surface area contributed by atoms with Crippen LogP contribution in [0.3, 0.4) is 0 Å². The Morgan fingerprint density at radius 3 is 2.43 bits per heavy atom. The van der Waals surface area contributed by atoms with Crippen molar-refractivity contribution in [1.29, 1.82) is 0 Å². The van der Waals surface area contributed by atoms with Crippen molar-refractivity contribution in [1.82, 2.24) is 5.32 Å². The van der Waals surface area contributed by atoms with Crippen LogP contribution in [-0.4, -0.2) is 31.6 Å². The molecule has 114 valence electrons. The number of para-hydroxylation sites is 1. The minimum atomic E-state index is -0.201. The quantitative estimate of drug-likeness (QED) is 0.888. The van der Waals surface area contributed by atoms with Gasteiger partial charge in [0.2, 0.25) is 11.8 Å². The van der Waals surface area contributed by atoms with Gasteiger partial charge in [-0.15, -0.1) is 0 Å². The van der Waals surface area contributed by atoms with Gasteiger partial charge < -0.3 is 15.4 Å². The number of nitrogens with one attached hydrogen (secondary N) is 2. The molecule has 1 saturated heterocycles. The molecule has 0 atom stereocenters. The van der Waals surface area contributed by atoms with Crippen LogP contribution in [0.15, 0.2) is 18.2 Å². The lowest BCUT2D eigenvalue weighted by Gasteiger charge is -2.21. The van der Waals surface area contributed by atoms with E-state index in [1.165, 1.54) is 0 Å². The summed E-state index contributed by atoms with van der Waals surface area (Å²) in [6.45, 7) is 5.13. The van der Waals surface area contributed by atoms with Crippen LogP contribution in [0, 0.1) is 19.8 Å². The number of rotatable bonds is 4. The second-order valence-corrected chi connectivity index (χ2v) is 5.42. The van der Waals surface area contributed by atoms with Crippen molar-refractivity contribution in [2.75, 3.05) is 25.1 Å². The number of hydrogen-bond donors (Lipinski definition) is 2.